The van der Waals surface area contributed by atoms with Crippen molar-refractivity contribution in [3.63, 3.8) is 0 Å². The fourth-order valence-corrected chi connectivity index (χ4v) is 1.43. The molecular weight excluding hydrogens is 253 g/mol. The van der Waals surface area contributed by atoms with Crippen LogP contribution in [0.1, 0.15) is 10.5 Å². The monoisotopic (exact) mass is 263 g/mol. The summed E-state index contributed by atoms with van der Waals surface area (Å²) in [6.07, 6.45) is 2.46. The molecule has 0 radical (unpaired) electrons. The Balaban J connectivity index is 2.28. The van der Waals surface area contributed by atoms with Gasteiger partial charge < -0.3 is 15.2 Å². The first-order valence-electron chi connectivity index (χ1n) is 5.25. The summed E-state index contributed by atoms with van der Waals surface area (Å²) in [4.78, 5) is 18.3. The van der Waals surface area contributed by atoms with Gasteiger partial charge in [-0.2, -0.15) is 0 Å². The van der Waals surface area contributed by atoms with Crippen LogP contribution < -0.4 is 10.1 Å². The fraction of sp³-hybridized carbons (Fsp3) is 0.0833. The van der Waals surface area contributed by atoms with Crippen LogP contribution in [-0.4, -0.2) is 28.2 Å². The molecule has 1 heterocycles. The number of nitrogens with one attached hydrogen (secondary N) is 1. The maximum atomic E-state index is 13.3. The quantitative estimate of drug-likeness (QED) is 0.878. The molecule has 0 amide bonds. The number of carbonyl (C=O) groups is 1. The fourth-order valence-electron chi connectivity index (χ4n) is 1.43. The molecule has 2 rings (SSSR count). The number of methoxy groups -OCH3 is 1. The molecular formula is C12H10FN3O3. The van der Waals surface area contributed by atoms with E-state index >= 15 is 0 Å². The zero-order chi connectivity index (χ0) is 13.8. The van der Waals surface area contributed by atoms with Gasteiger partial charge in [-0.1, -0.05) is 0 Å². The molecule has 0 fully saturated rings. The van der Waals surface area contributed by atoms with Gasteiger partial charge in [-0.05, 0) is 6.07 Å². The van der Waals surface area contributed by atoms with Crippen LogP contribution in [-0.2, 0) is 0 Å². The molecule has 7 heteroatoms. The minimum absolute atomic E-state index is 0.201. The molecule has 0 atom stereocenters. The van der Waals surface area contributed by atoms with Crippen molar-refractivity contribution in [3.8, 4) is 5.75 Å². The van der Waals surface area contributed by atoms with Gasteiger partial charge in [0.15, 0.2) is 5.69 Å². The van der Waals surface area contributed by atoms with E-state index in [-0.39, 0.29) is 11.5 Å². The van der Waals surface area contributed by atoms with Crippen molar-refractivity contribution in [2.24, 2.45) is 0 Å². The van der Waals surface area contributed by atoms with Gasteiger partial charge in [0, 0.05) is 17.8 Å². The number of anilines is 2. The van der Waals surface area contributed by atoms with Gasteiger partial charge in [-0.15, -0.1) is 0 Å². The SMILES string of the molecule is COc1cc(F)cc(Nc2cncc(C(=O)O)n2)c1. The van der Waals surface area contributed by atoms with E-state index in [2.05, 4.69) is 15.3 Å². The van der Waals surface area contributed by atoms with Crippen LogP contribution in [0.5, 0.6) is 5.75 Å². The van der Waals surface area contributed by atoms with Crippen molar-refractivity contribution in [3.05, 3.63) is 42.1 Å². The molecule has 1 aromatic carbocycles. The largest absolute Gasteiger partial charge is 0.497 e. The second-order valence-corrected chi connectivity index (χ2v) is 3.60. The summed E-state index contributed by atoms with van der Waals surface area (Å²) in [6, 6.07) is 4.01. The highest BCUT2D eigenvalue weighted by Crippen LogP contribution is 2.22. The van der Waals surface area contributed by atoms with Crippen molar-refractivity contribution in [1.82, 2.24) is 9.97 Å². The van der Waals surface area contributed by atoms with Gasteiger partial charge >= 0.3 is 5.97 Å². The summed E-state index contributed by atoms with van der Waals surface area (Å²) in [6.45, 7) is 0. The molecule has 2 aromatic rings. The zero-order valence-electron chi connectivity index (χ0n) is 9.92. The van der Waals surface area contributed by atoms with Gasteiger partial charge in [-0.3, -0.25) is 4.98 Å². The predicted molar refractivity (Wildman–Crippen MR) is 65.2 cm³/mol. The average Bonchev–Trinajstić information content (AvgIpc) is 2.38. The summed E-state index contributed by atoms with van der Waals surface area (Å²) < 4.78 is 18.2. The normalized spacial score (nSPS) is 10.0. The molecule has 1 aromatic heterocycles. The van der Waals surface area contributed by atoms with E-state index in [0.29, 0.717) is 11.4 Å². The maximum absolute atomic E-state index is 13.3. The Labute approximate surface area is 107 Å². The van der Waals surface area contributed by atoms with Crippen molar-refractivity contribution < 1.29 is 19.0 Å². The summed E-state index contributed by atoms with van der Waals surface area (Å²) in [7, 11) is 1.42. The highest BCUT2D eigenvalue weighted by Gasteiger charge is 2.07. The number of hydrogen-bond acceptors (Lipinski definition) is 5. The molecule has 0 spiro atoms. The van der Waals surface area contributed by atoms with Crippen LogP contribution in [0.4, 0.5) is 15.9 Å². The predicted octanol–water partition coefficient (Wildman–Crippen LogP) is 2.07. The third kappa shape index (κ3) is 3.15. The van der Waals surface area contributed by atoms with Crippen LogP contribution in [0, 0.1) is 5.82 Å². The number of halogens is 1. The first-order chi connectivity index (χ1) is 9.08. The third-order valence-corrected chi connectivity index (χ3v) is 2.23. The number of benzene rings is 1. The Hall–Kier alpha value is -2.70. The molecule has 0 aliphatic heterocycles. The molecule has 19 heavy (non-hydrogen) atoms. The van der Waals surface area contributed by atoms with Gasteiger partial charge in [-0.25, -0.2) is 14.2 Å². The van der Waals surface area contributed by atoms with Gasteiger partial charge in [0.2, 0.25) is 0 Å². The Kier molecular flexibility index (Phi) is 3.56. The summed E-state index contributed by atoms with van der Waals surface area (Å²) >= 11 is 0. The second kappa shape index (κ2) is 5.30. The van der Waals surface area contributed by atoms with Gasteiger partial charge in [0.05, 0.1) is 19.5 Å². The smallest absolute Gasteiger partial charge is 0.356 e. The lowest BCUT2D eigenvalue weighted by Crippen LogP contribution is -2.04. The number of aromatic carboxylic acids is 1. The molecule has 0 unspecified atom stereocenters. The van der Waals surface area contributed by atoms with Crippen LogP contribution in [0.15, 0.2) is 30.6 Å². The van der Waals surface area contributed by atoms with Crippen molar-refractivity contribution in [1.29, 1.82) is 0 Å². The molecule has 6 nitrogen and oxygen atoms in total. The van der Waals surface area contributed by atoms with E-state index in [1.807, 2.05) is 0 Å². The van der Waals surface area contributed by atoms with E-state index in [0.717, 1.165) is 6.20 Å². The lowest BCUT2D eigenvalue weighted by Gasteiger charge is -2.08. The molecule has 98 valence electrons. The highest BCUT2D eigenvalue weighted by atomic mass is 19.1. The molecule has 0 aliphatic carbocycles. The summed E-state index contributed by atoms with van der Waals surface area (Å²) in [5, 5.41) is 11.5. The molecule has 0 saturated heterocycles. The Morgan fingerprint density at radius 3 is 2.84 bits per heavy atom. The summed E-state index contributed by atoms with van der Waals surface area (Å²) in [5.74, 6) is -1.13. The first-order valence-corrected chi connectivity index (χ1v) is 5.25. The maximum Gasteiger partial charge on any atom is 0.356 e. The number of rotatable bonds is 4. The van der Waals surface area contributed by atoms with E-state index in [9.17, 15) is 9.18 Å². The van der Waals surface area contributed by atoms with E-state index in [4.69, 9.17) is 9.84 Å². The standard InChI is InChI=1S/C12H10FN3O3/c1-19-9-3-7(13)2-8(4-9)15-11-6-14-5-10(16-11)12(17)18/h2-6H,1H3,(H,15,16)(H,17,18). The second-order valence-electron chi connectivity index (χ2n) is 3.60. The van der Waals surface area contributed by atoms with Crippen LogP contribution in [0.2, 0.25) is 0 Å². The van der Waals surface area contributed by atoms with Crippen LogP contribution in [0.25, 0.3) is 0 Å². The zero-order valence-corrected chi connectivity index (χ0v) is 9.92. The third-order valence-electron chi connectivity index (χ3n) is 2.23. The lowest BCUT2D eigenvalue weighted by atomic mass is 10.3. The number of carboxylic acid groups (broad SMARTS) is 1. The van der Waals surface area contributed by atoms with Crippen molar-refractivity contribution in [2.45, 2.75) is 0 Å². The number of aromatic nitrogens is 2. The molecule has 0 saturated carbocycles. The van der Waals surface area contributed by atoms with E-state index in [1.54, 1.807) is 6.07 Å². The van der Waals surface area contributed by atoms with Crippen molar-refractivity contribution >= 4 is 17.5 Å². The van der Waals surface area contributed by atoms with Crippen LogP contribution in [0.3, 0.4) is 0 Å². The topological polar surface area (TPSA) is 84.3 Å². The number of hydrogen-bond donors (Lipinski definition) is 2. The average molecular weight is 263 g/mol. The highest BCUT2D eigenvalue weighted by molar-refractivity contribution is 5.85. The lowest BCUT2D eigenvalue weighted by molar-refractivity contribution is 0.0690. The minimum atomic E-state index is -1.19. The molecule has 0 aliphatic rings. The number of carboxylic acids is 1. The molecule has 0 bridgehead atoms. The Morgan fingerprint density at radius 1 is 1.37 bits per heavy atom. The van der Waals surface area contributed by atoms with Crippen molar-refractivity contribution in [2.75, 3.05) is 12.4 Å². The Morgan fingerprint density at radius 2 is 2.16 bits per heavy atom. The molecule has 2 N–H and O–H groups in total. The number of nitrogens with zero attached hydrogens (tertiary/aromatic N) is 2. The van der Waals surface area contributed by atoms with E-state index in [1.165, 1.54) is 25.4 Å². The Bertz CT molecular complexity index is 619. The first kappa shape index (κ1) is 12.7. The number of ether oxygens (including phenoxy) is 1. The van der Waals surface area contributed by atoms with Gasteiger partial charge in [0.1, 0.15) is 17.4 Å². The van der Waals surface area contributed by atoms with E-state index < -0.39 is 11.8 Å². The van der Waals surface area contributed by atoms with Gasteiger partial charge in [0.25, 0.3) is 0 Å². The minimum Gasteiger partial charge on any atom is -0.497 e. The van der Waals surface area contributed by atoms with Crippen LogP contribution >= 0.6 is 0 Å². The summed E-state index contributed by atoms with van der Waals surface area (Å²) in [5.41, 5.74) is 0.182.